The summed E-state index contributed by atoms with van der Waals surface area (Å²) in [4.78, 5) is 18.4. The molecule has 0 unspecified atom stereocenters. The van der Waals surface area contributed by atoms with E-state index in [1.165, 1.54) is 5.56 Å². The van der Waals surface area contributed by atoms with Gasteiger partial charge in [-0.25, -0.2) is 9.97 Å². The van der Waals surface area contributed by atoms with Crippen LogP contribution in [0.25, 0.3) is 0 Å². The lowest BCUT2D eigenvalue weighted by Crippen LogP contribution is -2.51. The van der Waals surface area contributed by atoms with Crippen LogP contribution in [0.3, 0.4) is 0 Å². The van der Waals surface area contributed by atoms with Gasteiger partial charge in [0.2, 0.25) is 17.0 Å². The number of halogens is 1. The lowest BCUT2D eigenvalue weighted by molar-refractivity contribution is 0.385. The van der Waals surface area contributed by atoms with Crippen LogP contribution in [0.2, 0.25) is 5.02 Å². The molecular formula is C26H30ClN7S. The monoisotopic (exact) mass is 507 g/mol. The summed E-state index contributed by atoms with van der Waals surface area (Å²) in [5.74, 6) is 1.15. The molecule has 0 bridgehead atoms. The maximum Gasteiger partial charge on any atom is 0.229 e. The molecule has 1 aliphatic heterocycles. The summed E-state index contributed by atoms with van der Waals surface area (Å²) in [5.41, 5.74) is 5.10. The predicted molar refractivity (Wildman–Crippen MR) is 150 cm³/mol. The van der Waals surface area contributed by atoms with E-state index in [1.54, 1.807) is 0 Å². The van der Waals surface area contributed by atoms with E-state index in [2.05, 4.69) is 55.5 Å². The average molecular weight is 508 g/mol. The number of nitrogens with one attached hydrogen (secondary N) is 2. The van der Waals surface area contributed by atoms with Crippen LogP contribution in [0, 0.1) is 13.8 Å². The first-order chi connectivity index (χ1) is 16.9. The molecule has 7 nitrogen and oxygen atoms in total. The second kappa shape index (κ2) is 11.5. The first-order valence-electron chi connectivity index (χ1n) is 11.7. The van der Waals surface area contributed by atoms with Crippen LogP contribution < -0.4 is 15.5 Å². The normalized spacial score (nSPS) is 14.1. The third-order valence-electron chi connectivity index (χ3n) is 5.82. The zero-order valence-corrected chi connectivity index (χ0v) is 21.8. The standard InChI is InChI=1S/C26H30ClN7S/c1-4-20-7-5-6-8-23(20)30-26(35)32-25(31-24-28-18(2)17-19(3)29-24)34-15-13-33(14-16-34)22-11-9-21(27)10-12-22/h5-12,17H,4,13-16H2,1-3H3,(H2,28,29,30,31,32,35). The molecule has 1 saturated heterocycles. The first kappa shape index (κ1) is 24.9. The maximum atomic E-state index is 6.06. The summed E-state index contributed by atoms with van der Waals surface area (Å²) >= 11 is 11.7. The SMILES string of the molecule is CCc1ccccc1NC(=S)/N=C(/Nc1nc(C)cc(C)n1)N1CCN(c2ccc(Cl)cc2)CC1. The van der Waals surface area contributed by atoms with Gasteiger partial charge in [0, 0.05) is 54.0 Å². The molecule has 9 heteroatoms. The number of hydrogen-bond donors (Lipinski definition) is 2. The molecule has 0 spiro atoms. The van der Waals surface area contributed by atoms with E-state index in [1.807, 2.05) is 50.2 Å². The highest BCUT2D eigenvalue weighted by atomic mass is 35.5. The minimum absolute atomic E-state index is 0.387. The number of guanidine groups is 1. The zero-order chi connectivity index (χ0) is 24.8. The van der Waals surface area contributed by atoms with Gasteiger partial charge in [0.15, 0.2) is 0 Å². The highest BCUT2D eigenvalue weighted by Crippen LogP contribution is 2.20. The lowest BCUT2D eigenvalue weighted by atomic mass is 10.1. The molecule has 182 valence electrons. The van der Waals surface area contributed by atoms with Crippen molar-refractivity contribution >= 4 is 52.2 Å². The Morgan fingerprint density at radius 2 is 1.63 bits per heavy atom. The highest BCUT2D eigenvalue weighted by Gasteiger charge is 2.22. The molecular weight excluding hydrogens is 478 g/mol. The minimum Gasteiger partial charge on any atom is -0.368 e. The number of rotatable bonds is 4. The third kappa shape index (κ3) is 6.68. The largest absolute Gasteiger partial charge is 0.368 e. The summed E-state index contributed by atoms with van der Waals surface area (Å²) in [7, 11) is 0. The van der Waals surface area contributed by atoms with Crippen molar-refractivity contribution in [3.05, 3.63) is 76.6 Å². The lowest BCUT2D eigenvalue weighted by Gasteiger charge is -2.37. The fourth-order valence-electron chi connectivity index (χ4n) is 4.08. The Bertz CT molecular complexity index is 1180. The van der Waals surface area contributed by atoms with Gasteiger partial charge in [-0.15, -0.1) is 0 Å². The average Bonchev–Trinajstić information content (AvgIpc) is 2.84. The molecule has 0 radical (unpaired) electrons. The van der Waals surface area contributed by atoms with E-state index in [0.717, 1.165) is 60.4 Å². The number of anilines is 3. The van der Waals surface area contributed by atoms with E-state index in [4.69, 9.17) is 28.8 Å². The van der Waals surface area contributed by atoms with Crippen molar-refractivity contribution in [3.63, 3.8) is 0 Å². The molecule has 0 amide bonds. The van der Waals surface area contributed by atoms with E-state index in [0.29, 0.717) is 17.0 Å². The van der Waals surface area contributed by atoms with E-state index in [9.17, 15) is 0 Å². The van der Waals surface area contributed by atoms with Crippen molar-refractivity contribution in [1.82, 2.24) is 14.9 Å². The molecule has 2 aromatic carbocycles. The van der Waals surface area contributed by atoms with Gasteiger partial charge in [-0.2, -0.15) is 4.99 Å². The fraction of sp³-hybridized carbons (Fsp3) is 0.308. The molecule has 3 aromatic rings. The van der Waals surface area contributed by atoms with E-state index >= 15 is 0 Å². The highest BCUT2D eigenvalue weighted by molar-refractivity contribution is 7.80. The van der Waals surface area contributed by atoms with Gasteiger partial charge >= 0.3 is 0 Å². The Balaban J connectivity index is 1.54. The van der Waals surface area contributed by atoms with Gasteiger partial charge in [-0.1, -0.05) is 36.7 Å². The second-order valence-corrected chi connectivity index (χ2v) is 9.25. The Morgan fingerprint density at radius 1 is 0.971 bits per heavy atom. The van der Waals surface area contributed by atoms with E-state index < -0.39 is 0 Å². The van der Waals surface area contributed by atoms with Crippen LogP contribution in [0.1, 0.15) is 23.9 Å². The van der Waals surface area contributed by atoms with Crippen LogP contribution in [-0.4, -0.2) is 52.1 Å². The van der Waals surface area contributed by atoms with Crippen molar-refractivity contribution in [3.8, 4) is 0 Å². The molecule has 1 aromatic heterocycles. The number of piperazine rings is 1. The molecule has 4 rings (SSSR count). The number of thiocarbonyl (C=S) groups is 1. The number of benzene rings is 2. The van der Waals surface area contributed by atoms with Crippen molar-refractivity contribution in [2.24, 2.45) is 4.99 Å². The molecule has 0 atom stereocenters. The Labute approximate surface area is 217 Å². The summed E-state index contributed by atoms with van der Waals surface area (Å²) in [6.07, 6.45) is 0.906. The number of aliphatic imine (C=N–C) groups is 1. The van der Waals surface area contributed by atoms with Crippen molar-refractivity contribution < 1.29 is 0 Å². The predicted octanol–water partition coefficient (Wildman–Crippen LogP) is 5.30. The maximum absolute atomic E-state index is 6.06. The third-order valence-corrected chi connectivity index (χ3v) is 6.27. The molecule has 1 fully saturated rings. The molecule has 0 saturated carbocycles. The quantitative estimate of drug-likeness (QED) is 0.282. The number of aromatic nitrogens is 2. The summed E-state index contributed by atoms with van der Waals surface area (Å²) in [6, 6.07) is 18.0. The van der Waals surface area contributed by atoms with Gasteiger partial charge in [0.1, 0.15) is 0 Å². The number of nitrogens with zero attached hydrogens (tertiary/aromatic N) is 5. The first-order valence-corrected chi connectivity index (χ1v) is 12.5. The van der Waals surface area contributed by atoms with Crippen molar-refractivity contribution in [1.29, 1.82) is 0 Å². The molecule has 35 heavy (non-hydrogen) atoms. The zero-order valence-electron chi connectivity index (χ0n) is 20.3. The van der Waals surface area contributed by atoms with Gasteiger partial charge in [0.25, 0.3) is 0 Å². The fourth-order valence-corrected chi connectivity index (χ4v) is 4.40. The van der Waals surface area contributed by atoms with Gasteiger partial charge in [-0.3, -0.25) is 5.32 Å². The van der Waals surface area contributed by atoms with Gasteiger partial charge in [0.05, 0.1) is 0 Å². The van der Waals surface area contributed by atoms with Crippen molar-refractivity contribution in [2.45, 2.75) is 27.2 Å². The molecule has 2 heterocycles. The summed E-state index contributed by atoms with van der Waals surface area (Å²) in [5, 5.41) is 7.75. The van der Waals surface area contributed by atoms with Crippen LogP contribution >= 0.6 is 23.8 Å². The smallest absolute Gasteiger partial charge is 0.229 e. The summed E-state index contributed by atoms with van der Waals surface area (Å²) in [6.45, 7) is 9.26. The summed E-state index contributed by atoms with van der Waals surface area (Å²) < 4.78 is 0. The van der Waals surface area contributed by atoms with Crippen molar-refractivity contribution in [2.75, 3.05) is 41.7 Å². The minimum atomic E-state index is 0.387. The van der Waals surface area contributed by atoms with Crippen LogP contribution in [0.5, 0.6) is 0 Å². The topological polar surface area (TPSA) is 68.7 Å². The number of hydrogen-bond acceptors (Lipinski definition) is 4. The molecule has 2 N–H and O–H groups in total. The second-order valence-electron chi connectivity index (χ2n) is 8.43. The van der Waals surface area contributed by atoms with Crippen LogP contribution in [-0.2, 0) is 6.42 Å². The Hall–Kier alpha value is -3.23. The number of aryl methyl sites for hydroxylation is 3. The Morgan fingerprint density at radius 3 is 2.29 bits per heavy atom. The Kier molecular flexibility index (Phi) is 8.15. The van der Waals surface area contributed by atoms with Gasteiger partial charge in [-0.05, 0) is 74.4 Å². The van der Waals surface area contributed by atoms with Crippen LogP contribution in [0.15, 0.2) is 59.6 Å². The van der Waals surface area contributed by atoms with Crippen LogP contribution in [0.4, 0.5) is 17.3 Å². The van der Waals surface area contributed by atoms with E-state index in [-0.39, 0.29) is 0 Å². The van der Waals surface area contributed by atoms with Gasteiger partial charge < -0.3 is 15.1 Å². The number of para-hydroxylation sites is 1. The molecule has 0 aliphatic carbocycles. The molecule has 1 aliphatic rings.